The van der Waals surface area contributed by atoms with Gasteiger partial charge in [0.05, 0.1) is 34.4 Å². The van der Waals surface area contributed by atoms with Crippen molar-refractivity contribution >= 4 is 11.9 Å². The summed E-state index contributed by atoms with van der Waals surface area (Å²) in [6.45, 7) is 4.66. The summed E-state index contributed by atoms with van der Waals surface area (Å²) >= 11 is 0. The first kappa shape index (κ1) is 20.0. The number of hydrogen-bond acceptors (Lipinski definition) is 5. The van der Waals surface area contributed by atoms with Gasteiger partial charge in [0.2, 0.25) is 0 Å². The zero-order valence-electron chi connectivity index (χ0n) is 15.2. The summed E-state index contributed by atoms with van der Waals surface area (Å²) in [5.74, 6) is -1.25. The van der Waals surface area contributed by atoms with Gasteiger partial charge in [0.1, 0.15) is 12.3 Å². The van der Waals surface area contributed by atoms with E-state index in [4.69, 9.17) is 14.2 Å². The Kier molecular flexibility index (Phi) is 8.26. The first-order valence-electron chi connectivity index (χ1n) is 8.20. The third-order valence-corrected chi connectivity index (χ3v) is 3.47. The molecule has 0 aliphatic heterocycles. The molecule has 0 aliphatic rings. The zero-order valence-corrected chi connectivity index (χ0v) is 15.2. The van der Waals surface area contributed by atoms with Crippen LogP contribution in [0.2, 0.25) is 0 Å². The van der Waals surface area contributed by atoms with E-state index >= 15 is 0 Å². The molecule has 0 amide bonds. The standard InChI is InChI=1S/C18H27NO5/c1-6-23-17(20)15(18(21)24-7-2)11-13-8-9-16(22-5)14(10-13)12-19(3)4/h8-10,15H,6-7,11-12H2,1-5H3/p+1. The third-order valence-electron chi connectivity index (χ3n) is 3.47. The molecular weight excluding hydrogens is 310 g/mol. The molecule has 0 heterocycles. The summed E-state index contributed by atoms with van der Waals surface area (Å²) < 4.78 is 15.4. The third kappa shape index (κ3) is 5.85. The van der Waals surface area contributed by atoms with Crippen LogP contribution in [0.4, 0.5) is 0 Å². The quantitative estimate of drug-likeness (QED) is 0.528. The maximum Gasteiger partial charge on any atom is 0.320 e. The molecule has 1 rings (SSSR count). The summed E-state index contributed by atoms with van der Waals surface area (Å²) in [4.78, 5) is 25.4. The second-order valence-corrected chi connectivity index (χ2v) is 5.79. The minimum atomic E-state index is -0.946. The van der Waals surface area contributed by atoms with Crippen LogP contribution >= 0.6 is 0 Å². The SMILES string of the molecule is CCOC(=O)C(Cc1ccc(OC)c(C[NH+](C)C)c1)C(=O)OCC. The van der Waals surface area contributed by atoms with E-state index in [1.54, 1.807) is 21.0 Å². The smallest absolute Gasteiger partial charge is 0.320 e. The number of nitrogens with one attached hydrogen (secondary N) is 1. The number of carbonyl (C=O) groups excluding carboxylic acids is 2. The molecule has 0 fully saturated rings. The lowest BCUT2D eigenvalue weighted by Crippen LogP contribution is -3.04. The van der Waals surface area contributed by atoms with Gasteiger partial charge in [0.15, 0.2) is 5.92 Å². The zero-order chi connectivity index (χ0) is 18.1. The Morgan fingerprint density at radius 3 is 2.12 bits per heavy atom. The van der Waals surface area contributed by atoms with Crippen molar-refractivity contribution in [1.82, 2.24) is 0 Å². The maximum atomic E-state index is 12.1. The highest BCUT2D eigenvalue weighted by Gasteiger charge is 2.30. The fourth-order valence-corrected chi connectivity index (χ4v) is 2.46. The fourth-order valence-electron chi connectivity index (χ4n) is 2.46. The molecule has 1 aromatic carbocycles. The molecule has 1 aromatic rings. The molecule has 134 valence electrons. The number of hydrogen-bond donors (Lipinski definition) is 1. The molecule has 0 saturated carbocycles. The molecule has 0 saturated heterocycles. The Hall–Kier alpha value is -2.08. The molecule has 6 nitrogen and oxygen atoms in total. The Balaban J connectivity index is 3.03. The second-order valence-electron chi connectivity index (χ2n) is 5.79. The van der Waals surface area contributed by atoms with Gasteiger partial charge in [-0.1, -0.05) is 6.07 Å². The lowest BCUT2D eigenvalue weighted by Gasteiger charge is -2.16. The minimum absolute atomic E-state index is 0.229. The van der Waals surface area contributed by atoms with Gasteiger partial charge in [0, 0.05) is 5.56 Å². The van der Waals surface area contributed by atoms with Gasteiger partial charge in [-0.25, -0.2) is 0 Å². The first-order valence-corrected chi connectivity index (χ1v) is 8.20. The van der Waals surface area contributed by atoms with Crippen molar-refractivity contribution in [3.8, 4) is 5.75 Å². The minimum Gasteiger partial charge on any atom is -0.496 e. The van der Waals surface area contributed by atoms with Crippen LogP contribution in [0.25, 0.3) is 0 Å². The molecule has 0 radical (unpaired) electrons. The van der Waals surface area contributed by atoms with Crippen molar-refractivity contribution in [2.45, 2.75) is 26.8 Å². The summed E-state index contributed by atoms with van der Waals surface area (Å²) in [5.41, 5.74) is 1.90. The van der Waals surface area contributed by atoms with E-state index < -0.39 is 17.9 Å². The van der Waals surface area contributed by atoms with Crippen molar-refractivity contribution in [2.24, 2.45) is 5.92 Å². The van der Waals surface area contributed by atoms with Gasteiger partial charge in [-0.15, -0.1) is 0 Å². The van der Waals surface area contributed by atoms with Crippen LogP contribution in [0.15, 0.2) is 18.2 Å². The average Bonchev–Trinajstić information content (AvgIpc) is 2.52. The van der Waals surface area contributed by atoms with Crippen molar-refractivity contribution < 1.29 is 28.7 Å². The fraction of sp³-hybridized carbons (Fsp3) is 0.556. The Morgan fingerprint density at radius 1 is 1.08 bits per heavy atom. The summed E-state index contributed by atoms with van der Waals surface area (Å²) in [5, 5.41) is 0. The normalized spacial score (nSPS) is 10.8. The van der Waals surface area contributed by atoms with Crippen LogP contribution in [0, 0.1) is 5.92 Å². The number of esters is 2. The van der Waals surface area contributed by atoms with E-state index in [9.17, 15) is 9.59 Å². The lowest BCUT2D eigenvalue weighted by atomic mass is 9.97. The first-order chi connectivity index (χ1) is 11.4. The van der Waals surface area contributed by atoms with Crippen molar-refractivity contribution in [3.63, 3.8) is 0 Å². The van der Waals surface area contributed by atoms with Crippen LogP contribution in [0.3, 0.4) is 0 Å². The number of quaternary nitrogens is 1. The topological polar surface area (TPSA) is 66.3 Å². The molecule has 0 spiro atoms. The highest BCUT2D eigenvalue weighted by Crippen LogP contribution is 2.22. The van der Waals surface area contributed by atoms with Gasteiger partial charge < -0.3 is 19.1 Å². The molecule has 0 unspecified atom stereocenters. The van der Waals surface area contributed by atoms with Crippen LogP contribution < -0.4 is 9.64 Å². The van der Waals surface area contributed by atoms with Gasteiger partial charge >= 0.3 is 11.9 Å². The Labute approximate surface area is 143 Å². The second kappa shape index (κ2) is 9.93. The van der Waals surface area contributed by atoms with Gasteiger partial charge in [-0.2, -0.15) is 0 Å². The highest BCUT2D eigenvalue weighted by atomic mass is 16.6. The highest BCUT2D eigenvalue weighted by molar-refractivity contribution is 5.95. The number of ether oxygens (including phenoxy) is 3. The molecule has 6 heteroatoms. The summed E-state index contributed by atoms with van der Waals surface area (Å²) in [6.07, 6.45) is 0.247. The number of carbonyl (C=O) groups is 2. The molecule has 1 N–H and O–H groups in total. The summed E-state index contributed by atoms with van der Waals surface area (Å²) in [6, 6.07) is 5.69. The largest absolute Gasteiger partial charge is 0.496 e. The molecule has 0 aliphatic carbocycles. The van der Waals surface area contributed by atoms with Crippen molar-refractivity contribution in [3.05, 3.63) is 29.3 Å². The van der Waals surface area contributed by atoms with Crippen LogP contribution in [-0.4, -0.2) is 46.4 Å². The Morgan fingerprint density at radius 2 is 1.67 bits per heavy atom. The molecule has 0 aromatic heterocycles. The van der Waals surface area contributed by atoms with E-state index in [2.05, 4.69) is 0 Å². The number of rotatable bonds is 9. The van der Waals surface area contributed by atoms with E-state index in [0.29, 0.717) is 0 Å². The van der Waals surface area contributed by atoms with Crippen LogP contribution in [-0.2, 0) is 32.0 Å². The maximum absolute atomic E-state index is 12.1. The average molecular weight is 338 g/mol. The monoisotopic (exact) mass is 338 g/mol. The van der Waals surface area contributed by atoms with Gasteiger partial charge in [0.25, 0.3) is 0 Å². The molecule has 0 atom stereocenters. The van der Waals surface area contributed by atoms with Gasteiger partial charge in [-0.3, -0.25) is 9.59 Å². The van der Waals surface area contributed by atoms with E-state index in [1.807, 2.05) is 32.3 Å². The number of methoxy groups -OCH3 is 1. The molecule has 0 bridgehead atoms. The predicted octanol–water partition coefficient (Wildman–Crippen LogP) is 0.625. The molecule has 24 heavy (non-hydrogen) atoms. The van der Waals surface area contributed by atoms with Crippen LogP contribution in [0.1, 0.15) is 25.0 Å². The summed E-state index contributed by atoms with van der Waals surface area (Å²) in [7, 11) is 5.72. The predicted molar refractivity (Wildman–Crippen MR) is 90.0 cm³/mol. The van der Waals surface area contributed by atoms with E-state index in [0.717, 1.165) is 23.4 Å². The lowest BCUT2D eigenvalue weighted by molar-refractivity contribution is -0.872. The van der Waals surface area contributed by atoms with E-state index in [1.165, 1.54) is 4.90 Å². The van der Waals surface area contributed by atoms with Crippen molar-refractivity contribution in [2.75, 3.05) is 34.4 Å². The van der Waals surface area contributed by atoms with E-state index in [-0.39, 0.29) is 19.6 Å². The number of benzene rings is 1. The Bertz CT molecular complexity index is 538. The van der Waals surface area contributed by atoms with Crippen LogP contribution in [0.5, 0.6) is 5.75 Å². The van der Waals surface area contributed by atoms with Crippen molar-refractivity contribution in [1.29, 1.82) is 0 Å². The van der Waals surface area contributed by atoms with Gasteiger partial charge in [-0.05, 0) is 38.0 Å². The molecular formula is C18H28NO5+.